The first kappa shape index (κ1) is 12.2. The fraction of sp³-hybridized carbons (Fsp3) is 0.615. The summed E-state index contributed by atoms with van der Waals surface area (Å²) < 4.78 is 0. The summed E-state index contributed by atoms with van der Waals surface area (Å²) in [6, 6.07) is 6.82. The van der Waals surface area contributed by atoms with Crippen LogP contribution < -0.4 is 0 Å². The lowest BCUT2D eigenvalue weighted by molar-refractivity contribution is 0.185. The Hall–Kier alpha value is -0.890. The largest absolute Gasteiger partial charge is 0.295 e. The van der Waals surface area contributed by atoms with Crippen molar-refractivity contribution >= 4 is 0 Å². The van der Waals surface area contributed by atoms with Gasteiger partial charge in [-0.05, 0) is 31.5 Å². The predicted molar refractivity (Wildman–Crippen MR) is 64.7 cm³/mol. The molecule has 0 aliphatic carbocycles. The third-order valence-electron chi connectivity index (χ3n) is 2.96. The number of rotatable bonds is 6. The van der Waals surface area contributed by atoms with Crippen molar-refractivity contribution in [1.82, 2.24) is 9.88 Å². The normalized spacial score (nSPS) is 11.3. The summed E-state index contributed by atoms with van der Waals surface area (Å²) in [5.74, 6) is 0. The van der Waals surface area contributed by atoms with Gasteiger partial charge in [0.05, 0.1) is 5.69 Å². The third kappa shape index (κ3) is 3.63. The van der Waals surface area contributed by atoms with Crippen molar-refractivity contribution in [1.29, 1.82) is 0 Å². The predicted octanol–water partition coefficient (Wildman–Crippen LogP) is 3.09. The van der Waals surface area contributed by atoms with Gasteiger partial charge in [0.15, 0.2) is 0 Å². The molecule has 2 nitrogen and oxygen atoms in total. The SMILES string of the molecule is CCC(CC)N(CC)Cc1ccccn1. The molecule has 0 aliphatic rings. The van der Waals surface area contributed by atoms with E-state index in [9.17, 15) is 0 Å². The average Bonchev–Trinajstić information content (AvgIpc) is 2.30. The average molecular weight is 206 g/mol. The van der Waals surface area contributed by atoms with Crippen molar-refractivity contribution in [2.75, 3.05) is 6.54 Å². The monoisotopic (exact) mass is 206 g/mol. The van der Waals surface area contributed by atoms with Gasteiger partial charge in [0, 0.05) is 18.8 Å². The molecule has 0 N–H and O–H groups in total. The van der Waals surface area contributed by atoms with Gasteiger partial charge >= 0.3 is 0 Å². The standard InChI is InChI=1S/C13H22N2/c1-4-13(5-2)15(6-3)11-12-9-7-8-10-14-12/h7-10,13H,4-6,11H2,1-3H3. The van der Waals surface area contributed by atoms with Crippen LogP contribution >= 0.6 is 0 Å². The second-order valence-electron chi connectivity index (χ2n) is 3.85. The molecule has 0 unspecified atom stereocenters. The lowest BCUT2D eigenvalue weighted by Gasteiger charge is -2.28. The molecule has 0 spiro atoms. The first-order valence-corrected chi connectivity index (χ1v) is 5.95. The minimum Gasteiger partial charge on any atom is -0.295 e. The fourth-order valence-corrected chi connectivity index (χ4v) is 2.00. The summed E-state index contributed by atoms with van der Waals surface area (Å²) in [7, 11) is 0. The lowest BCUT2D eigenvalue weighted by atomic mass is 10.1. The van der Waals surface area contributed by atoms with Crippen LogP contribution in [0.25, 0.3) is 0 Å². The molecular weight excluding hydrogens is 184 g/mol. The maximum Gasteiger partial charge on any atom is 0.0544 e. The van der Waals surface area contributed by atoms with Gasteiger partial charge in [0.2, 0.25) is 0 Å². The highest BCUT2D eigenvalue weighted by atomic mass is 15.2. The van der Waals surface area contributed by atoms with Crippen molar-refractivity contribution in [3.63, 3.8) is 0 Å². The maximum atomic E-state index is 4.38. The van der Waals surface area contributed by atoms with Gasteiger partial charge in [-0.1, -0.05) is 26.8 Å². The van der Waals surface area contributed by atoms with Crippen LogP contribution in [0.3, 0.4) is 0 Å². The van der Waals surface area contributed by atoms with Crippen molar-refractivity contribution < 1.29 is 0 Å². The number of aromatic nitrogens is 1. The summed E-state index contributed by atoms with van der Waals surface area (Å²) in [6.45, 7) is 8.82. The van der Waals surface area contributed by atoms with Gasteiger partial charge in [-0.15, -0.1) is 0 Å². The van der Waals surface area contributed by atoms with E-state index in [0.29, 0.717) is 6.04 Å². The van der Waals surface area contributed by atoms with Crippen LogP contribution in [0, 0.1) is 0 Å². The topological polar surface area (TPSA) is 16.1 Å². The zero-order valence-electron chi connectivity index (χ0n) is 10.1. The van der Waals surface area contributed by atoms with Crippen molar-refractivity contribution in [3.8, 4) is 0 Å². The van der Waals surface area contributed by atoms with Gasteiger partial charge in [-0.25, -0.2) is 0 Å². The first-order chi connectivity index (χ1) is 7.31. The van der Waals surface area contributed by atoms with Crippen molar-refractivity contribution in [2.24, 2.45) is 0 Å². The highest BCUT2D eigenvalue weighted by Gasteiger charge is 2.13. The summed E-state index contributed by atoms with van der Waals surface area (Å²) in [5.41, 5.74) is 1.17. The molecule has 0 saturated carbocycles. The first-order valence-electron chi connectivity index (χ1n) is 5.95. The molecule has 2 heteroatoms. The minimum atomic E-state index is 0.692. The minimum absolute atomic E-state index is 0.692. The number of pyridine rings is 1. The molecule has 0 saturated heterocycles. The van der Waals surface area contributed by atoms with E-state index in [1.807, 2.05) is 12.3 Å². The van der Waals surface area contributed by atoms with E-state index in [2.05, 4.69) is 42.8 Å². The van der Waals surface area contributed by atoms with Gasteiger partial charge in [0.25, 0.3) is 0 Å². The molecule has 0 atom stereocenters. The second kappa shape index (κ2) is 6.57. The van der Waals surface area contributed by atoms with Crippen LogP contribution in [0.4, 0.5) is 0 Å². The van der Waals surface area contributed by atoms with Crippen LogP contribution in [0.5, 0.6) is 0 Å². The maximum absolute atomic E-state index is 4.38. The van der Waals surface area contributed by atoms with E-state index in [4.69, 9.17) is 0 Å². The zero-order chi connectivity index (χ0) is 11.1. The molecule has 1 aromatic rings. The number of nitrogens with zero attached hydrogens (tertiary/aromatic N) is 2. The van der Waals surface area contributed by atoms with Crippen LogP contribution in [-0.4, -0.2) is 22.5 Å². The molecule has 15 heavy (non-hydrogen) atoms. The van der Waals surface area contributed by atoms with Crippen LogP contribution in [0.2, 0.25) is 0 Å². The summed E-state index contributed by atoms with van der Waals surface area (Å²) in [4.78, 5) is 6.88. The summed E-state index contributed by atoms with van der Waals surface area (Å²) in [6.07, 6.45) is 4.31. The molecule has 1 heterocycles. The van der Waals surface area contributed by atoms with Gasteiger partial charge < -0.3 is 0 Å². The quantitative estimate of drug-likeness (QED) is 0.711. The summed E-state index contributed by atoms with van der Waals surface area (Å²) in [5, 5.41) is 0. The Morgan fingerprint density at radius 2 is 1.93 bits per heavy atom. The zero-order valence-corrected chi connectivity index (χ0v) is 10.1. The van der Waals surface area contributed by atoms with Crippen molar-refractivity contribution in [2.45, 2.75) is 46.2 Å². The van der Waals surface area contributed by atoms with E-state index in [1.54, 1.807) is 0 Å². The molecule has 1 aromatic heterocycles. The second-order valence-corrected chi connectivity index (χ2v) is 3.85. The summed E-state index contributed by atoms with van der Waals surface area (Å²) >= 11 is 0. The Balaban J connectivity index is 2.61. The van der Waals surface area contributed by atoms with Gasteiger partial charge in [0.1, 0.15) is 0 Å². The molecular formula is C13H22N2. The Kier molecular flexibility index (Phi) is 5.33. The molecule has 0 aliphatic heterocycles. The van der Waals surface area contributed by atoms with Gasteiger partial charge in [-0.3, -0.25) is 9.88 Å². The van der Waals surface area contributed by atoms with Crippen molar-refractivity contribution in [3.05, 3.63) is 30.1 Å². The van der Waals surface area contributed by atoms with E-state index >= 15 is 0 Å². The molecule has 0 bridgehead atoms. The highest BCUT2D eigenvalue weighted by Crippen LogP contribution is 2.11. The molecule has 0 radical (unpaired) electrons. The highest BCUT2D eigenvalue weighted by molar-refractivity contribution is 5.03. The fourth-order valence-electron chi connectivity index (χ4n) is 2.00. The van der Waals surface area contributed by atoms with E-state index in [1.165, 1.54) is 18.5 Å². The molecule has 84 valence electrons. The van der Waals surface area contributed by atoms with E-state index in [-0.39, 0.29) is 0 Å². The molecule has 1 rings (SSSR count). The number of hydrogen-bond acceptors (Lipinski definition) is 2. The van der Waals surface area contributed by atoms with Crippen LogP contribution in [0.1, 0.15) is 39.3 Å². The third-order valence-corrected chi connectivity index (χ3v) is 2.96. The van der Waals surface area contributed by atoms with E-state index < -0.39 is 0 Å². The molecule has 0 amide bonds. The Morgan fingerprint density at radius 1 is 1.20 bits per heavy atom. The molecule has 0 aromatic carbocycles. The molecule has 0 fully saturated rings. The van der Waals surface area contributed by atoms with Crippen LogP contribution in [-0.2, 0) is 6.54 Å². The Labute approximate surface area is 93.3 Å². The Morgan fingerprint density at radius 3 is 2.40 bits per heavy atom. The van der Waals surface area contributed by atoms with Crippen LogP contribution in [0.15, 0.2) is 24.4 Å². The van der Waals surface area contributed by atoms with E-state index in [0.717, 1.165) is 13.1 Å². The van der Waals surface area contributed by atoms with Gasteiger partial charge in [-0.2, -0.15) is 0 Å². The number of hydrogen-bond donors (Lipinski definition) is 0. The lowest BCUT2D eigenvalue weighted by Crippen LogP contribution is -2.33. The Bertz CT molecular complexity index is 254. The smallest absolute Gasteiger partial charge is 0.0544 e.